The zero-order valence-electron chi connectivity index (χ0n) is 9.99. The second kappa shape index (κ2) is 7.32. The van der Waals surface area contributed by atoms with Crippen LogP contribution in [-0.4, -0.2) is 35.5 Å². The molecule has 6 nitrogen and oxygen atoms in total. The number of ketones is 1. The highest BCUT2D eigenvalue weighted by molar-refractivity contribution is 5.89. The molecule has 0 radical (unpaired) electrons. The van der Waals surface area contributed by atoms with E-state index in [2.05, 4.69) is 10.7 Å². The van der Waals surface area contributed by atoms with Crippen molar-refractivity contribution in [2.45, 2.75) is 39.3 Å². The van der Waals surface area contributed by atoms with Gasteiger partial charge in [0, 0.05) is 0 Å². The SMILES string of the molecule is CC(=O)[C@H](CO)NC(=O)[C@H](CC(C)C)NN. The molecule has 5 N–H and O–H groups in total. The van der Waals surface area contributed by atoms with Crippen LogP contribution in [0, 0.1) is 5.92 Å². The Labute approximate surface area is 95.6 Å². The molecule has 0 saturated heterocycles. The topological polar surface area (TPSA) is 104 Å². The Bertz CT molecular complexity index is 243. The predicted octanol–water partition coefficient (Wildman–Crippen LogP) is -1.07. The van der Waals surface area contributed by atoms with Gasteiger partial charge in [0.15, 0.2) is 5.78 Å². The van der Waals surface area contributed by atoms with Crippen molar-refractivity contribution < 1.29 is 14.7 Å². The maximum absolute atomic E-state index is 11.7. The number of nitrogens with one attached hydrogen (secondary N) is 2. The largest absolute Gasteiger partial charge is 0.394 e. The smallest absolute Gasteiger partial charge is 0.239 e. The lowest BCUT2D eigenvalue weighted by molar-refractivity contribution is -0.129. The van der Waals surface area contributed by atoms with E-state index in [0.29, 0.717) is 12.3 Å². The molecule has 0 aromatic rings. The van der Waals surface area contributed by atoms with E-state index in [9.17, 15) is 9.59 Å². The minimum atomic E-state index is -0.851. The minimum absolute atomic E-state index is 0.281. The highest BCUT2D eigenvalue weighted by Gasteiger charge is 2.22. The third kappa shape index (κ3) is 5.20. The molecule has 6 heteroatoms. The molecule has 0 aliphatic rings. The Balaban J connectivity index is 4.34. The van der Waals surface area contributed by atoms with E-state index in [1.807, 2.05) is 13.8 Å². The van der Waals surface area contributed by atoms with Gasteiger partial charge in [0.1, 0.15) is 6.04 Å². The number of hydrazine groups is 1. The van der Waals surface area contributed by atoms with Crippen LogP contribution >= 0.6 is 0 Å². The molecule has 0 saturated carbocycles. The van der Waals surface area contributed by atoms with Crippen molar-refractivity contribution in [3.05, 3.63) is 0 Å². The molecule has 94 valence electrons. The first-order chi connectivity index (χ1) is 7.42. The van der Waals surface area contributed by atoms with Crippen LogP contribution in [0.3, 0.4) is 0 Å². The molecule has 2 atom stereocenters. The van der Waals surface area contributed by atoms with Gasteiger partial charge in [0.05, 0.1) is 12.6 Å². The molecule has 0 fully saturated rings. The molecule has 0 aromatic heterocycles. The fraction of sp³-hybridized carbons (Fsp3) is 0.800. The molecule has 0 spiro atoms. The van der Waals surface area contributed by atoms with Crippen LogP contribution in [0.25, 0.3) is 0 Å². The first kappa shape index (κ1) is 15.0. The lowest BCUT2D eigenvalue weighted by Gasteiger charge is -2.20. The quantitative estimate of drug-likeness (QED) is 0.330. The van der Waals surface area contributed by atoms with E-state index >= 15 is 0 Å². The van der Waals surface area contributed by atoms with Crippen LogP contribution in [-0.2, 0) is 9.59 Å². The Morgan fingerprint density at radius 2 is 1.88 bits per heavy atom. The zero-order valence-corrected chi connectivity index (χ0v) is 9.99. The monoisotopic (exact) mass is 231 g/mol. The molecule has 16 heavy (non-hydrogen) atoms. The first-order valence-corrected chi connectivity index (χ1v) is 5.30. The van der Waals surface area contributed by atoms with Crippen molar-refractivity contribution in [3.63, 3.8) is 0 Å². The van der Waals surface area contributed by atoms with Crippen LogP contribution < -0.4 is 16.6 Å². The number of carbonyl (C=O) groups is 2. The highest BCUT2D eigenvalue weighted by Crippen LogP contribution is 2.04. The molecule has 0 aliphatic heterocycles. The standard InChI is InChI=1S/C10H21N3O3/c1-6(2)4-8(13-11)10(16)12-9(5-14)7(3)15/h6,8-9,13-14H,4-5,11H2,1-3H3,(H,12,16)/t8-,9-/m0/s1. The number of hydrogen-bond donors (Lipinski definition) is 4. The Kier molecular flexibility index (Phi) is 6.87. The molecule has 0 unspecified atom stereocenters. The second-order valence-electron chi connectivity index (χ2n) is 4.20. The molecule has 1 amide bonds. The summed E-state index contributed by atoms with van der Waals surface area (Å²) in [5.41, 5.74) is 2.40. The van der Waals surface area contributed by atoms with Crippen molar-refractivity contribution in [2.24, 2.45) is 11.8 Å². The molecule has 0 aliphatic carbocycles. The van der Waals surface area contributed by atoms with Gasteiger partial charge in [-0.2, -0.15) is 0 Å². The van der Waals surface area contributed by atoms with E-state index in [1.165, 1.54) is 6.92 Å². The van der Waals surface area contributed by atoms with E-state index in [1.54, 1.807) is 0 Å². The van der Waals surface area contributed by atoms with Gasteiger partial charge in [-0.25, -0.2) is 5.43 Å². The Morgan fingerprint density at radius 1 is 1.31 bits per heavy atom. The number of carbonyl (C=O) groups excluding carboxylic acids is 2. The summed E-state index contributed by atoms with van der Waals surface area (Å²) in [6, 6.07) is -1.40. The fourth-order valence-electron chi connectivity index (χ4n) is 1.27. The van der Waals surface area contributed by atoms with E-state index in [0.717, 1.165) is 0 Å². The van der Waals surface area contributed by atoms with Crippen LogP contribution in [0.4, 0.5) is 0 Å². The summed E-state index contributed by atoms with van der Waals surface area (Å²) in [6.45, 7) is 4.84. The molecule has 0 bridgehead atoms. The number of aliphatic hydroxyl groups is 1. The second-order valence-corrected chi connectivity index (χ2v) is 4.20. The van der Waals surface area contributed by atoms with Crippen LogP contribution in [0.1, 0.15) is 27.2 Å². The maximum atomic E-state index is 11.7. The minimum Gasteiger partial charge on any atom is -0.394 e. The normalized spacial score (nSPS) is 14.6. The first-order valence-electron chi connectivity index (χ1n) is 5.30. The third-order valence-corrected chi connectivity index (χ3v) is 2.21. The van der Waals surface area contributed by atoms with Gasteiger partial charge in [-0.05, 0) is 19.3 Å². The summed E-state index contributed by atoms with van der Waals surface area (Å²) in [7, 11) is 0. The van der Waals surface area contributed by atoms with Crippen LogP contribution in [0.15, 0.2) is 0 Å². The number of nitrogens with two attached hydrogens (primary N) is 1. The number of amides is 1. The average molecular weight is 231 g/mol. The molecular weight excluding hydrogens is 210 g/mol. The van der Waals surface area contributed by atoms with Crippen molar-refractivity contribution in [2.75, 3.05) is 6.61 Å². The van der Waals surface area contributed by atoms with Gasteiger partial charge in [-0.1, -0.05) is 13.8 Å². The van der Waals surface area contributed by atoms with Gasteiger partial charge in [-0.15, -0.1) is 0 Å². The van der Waals surface area contributed by atoms with Crippen molar-refractivity contribution >= 4 is 11.7 Å². The van der Waals surface area contributed by atoms with Gasteiger partial charge in [0.25, 0.3) is 0 Å². The molecule has 0 heterocycles. The highest BCUT2D eigenvalue weighted by atomic mass is 16.3. The maximum Gasteiger partial charge on any atom is 0.239 e. The summed E-state index contributed by atoms with van der Waals surface area (Å²) in [5, 5.41) is 11.3. The Morgan fingerprint density at radius 3 is 2.19 bits per heavy atom. The average Bonchev–Trinajstić information content (AvgIpc) is 2.21. The summed E-state index contributed by atoms with van der Waals surface area (Å²) in [5.74, 6) is 4.91. The van der Waals surface area contributed by atoms with E-state index in [-0.39, 0.29) is 11.7 Å². The Hall–Kier alpha value is -0.980. The van der Waals surface area contributed by atoms with Crippen molar-refractivity contribution in [1.29, 1.82) is 0 Å². The van der Waals surface area contributed by atoms with Gasteiger partial charge in [-0.3, -0.25) is 15.4 Å². The van der Waals surface area contributed by atoms with Crippen molar-refractivity contribution in [3.8, 4) is 0 Å². The van der Waals surface area contributed by atoms with Crippen molar-refractivity contribution in [1.82, 2.24) is 10.7 Å². The fourth-order valence-corrected chi connectivity index (χ4v) is 1.27. The number of rotatable bonds is 7. The van der Waals surface area contributed by atoms with Gasteiger partial charge >= 0.3 is 0 Å². The van der Waals surface area contributed by atoms with E-state index < -0.39 is 18.7 Å². The lowest BCUT2D eigenvalue weighted by atomic mass is 10.0. The van der Waals surface area contributed by atoms with Crippen LogP contribution in [0.2, 0.25) is 0 Å². The van der Waals surface area contributed by atoms with Gasteiger partial charge < -0.3 is 10.4 Å². The summed E-state index contributed by atoms with van der Waals surface area (Å²) < 4.78 is 0. The summed E-state index contributed by atoms with van der Waals surface area (Å²) in [6.07, 6.45) is 0.568. The number of Topliss-reactive ketones (excluding diaryl/α,β-unsaturated/α-hetero) is 1. The molecule has 0 rings (SSSR count). The van der Waals surface area contributed by atoms with E-state index in [4.69, 9.17) is 10.9 Å². The lowest BCUT2D eigenvalue weighted by Crippen LogP contribution is -2.53. The number of hydrogen-bond acceptors (Lipinski definition) is 5. The number of aliphatic hydroxyl groups excluding tert-OH is 1. The van der Waals surface area contributed by atoms with Gasteiger partial charge in [0.2, 0.25) is 5.91 Å². The summed E-state index contributed by atoms with van der Waals surface area (Å²) in [4.78, 5) is 22.7. The summed E-state index contributed by atoms with van der Waals surface area (Å²) >= 11 is 0. The van der Waals surface area contributed by atoms with Crippen LogP contribution in [0.5, 0.6) is 0 Å². The predicted molar refractivity (Wildman–Crippen MR) is 60.3 cm³/mol. The molecule has 0 aromatic carbocycles. The third-order valence-electron chi connectivity index (χ3n) is 2.21. The molecular formula is C10H21N3O3. The zero-order chi connectivity index (χ0) is 12.7.